The van der Waals surface area contributed by atoms with Gasteiger partial charge in [0.25, 0.3) is 5.56 Å². The van der Waals surface area contributed by atoms with E-state index in [0.29, 0.717) is 20.3 Å². The second kappa shape index (κ2) is 7.72. The molecule has 0 aliphatic heterocycles. The molecule has 0 unspecified atom stereocenters. The number of fused-ring (bicyclic) bond motifs is 1. The average Bonchev–Trinajstić information content (AvgIpc) is 3.01. The number of rotatable bonds is 6. The lowest BCUT2D eigenvalue weighted by Gasteiger charge is -2.15. The van der Waals surface area contributed by atoms with Gasteiger partial charge in [-0.1, -0.05) is 29.8 Å². The first-order chi connectivity index (χ1) is 12.4. The smallest absolute Gasteiger partial charge is 0.305 e. The van der Waals surface area contributed by atoms with Crippen molar-refractivity contribution in [3.05, 3.63) is 67.6 Å². The van der Waals surface area contributed by atoms with Gasteiger partial charge in [0.05, 0.1) is 23.2 Å². The maximum Gasteiger partial charge on any atom is 0.305 e. The first kappa shape index (κ1) is 18.2. The molecule has 0 bridgehead atoms. The van der Waals surface area contributed by atoms with Crippen molar-refractivity contribution in [1.29, 1.82) is 0 Å². The highest BCUT2D eigenvalue weighted by atomic mass is 35.5. The molecule has 134 valence electrons. The summed E-state index contributed by atoms with van der Waals surface area (Å²) in [5, 5.41) is 12.6. The molecule has 2 heterocycles. The van der Waals surface area contributed by atoms with E-state index in [1.807, 2.05) is 18.2 Å². The lowest BCUT2D eigenvalue weighted by molar-refractivity contribution is -0.137. The molecule has 1 atom stereocenters. The molecule has 6 nitrogen and oxygen atoms in total. The SMILES string of the molecule is O=C(O)C[C@@H](NC(=O)Cc1cc2ccccc2[nH]c1=O)c1ccc(Cl)s1. The first-order valence-corrected chi connectivity index (χ1v) is 8.99. The van der Waals surface area contributed by atoms with E-state index in [0.717, 1.165) is 5.39 Å². The number of carboxylic acids is 1. The molecule has 0 fully saturated rings. The number of aliphatic carboxylic acids is 1. The van der Waals surface area contributed by atoms with E-state index in [4.69, 9.17) is 16.7 Å². The Balaban J connectivity index is 1.79. The van der Waals surface area contributed by atoms with Crippen LogP contribution in [-0.4, -0.2) is 22.0 Å². The number of pyridine rings is 1. The summed E-state index contributed by atoms with van der Waals surface area (Å²) in [5.74, 6) is -1.47. The van der Waals surface area contributed by atoms with Crippen LogP contribution in [0.1, 0.15) is 22.9 Å². The van der Waals surface area contributed by atoms with Crippen LogP contribution in [0, 0.1) is 0 Å². The summed E-state index contributed by atoms with van der Waals surface area (Å²) in [6.45, 7) is 0. The number of nitrogens with one attached hydrogen (secondary N) is 2. The van der Waals surface area contributed by atoms with Gasteiger partial charge in [-0.2, -0.15) is 0 Å². The fourth-order valence-electron chi connectivity index (χ4n) is 2.66. The minimum Gasteiger partial charge on any atom is -0.481 e. The van der Waals surface area contributed by atoms with Gasteiger partial charge >= 0.3 is 5.97 Å². The van der Waals surface area contributed by atoms with E-state index in [-0.39, 0.29) is 18.4 Å². The summed E-state index contributed by atoms with van der Waals surface area (Å²) in [7, 11) is 0. The third-order valence-electron chi connectivity index (χ3n) is 3.83. The van der Waals surface area contributed by atoms with Crippen molar-refractivity contribution in [3.63, 3.8) is 0 Å². The molecule has 0 spiro atoms. The monoisotopic (exact) mass is 390 g/mol. The number of benzene rings is 1. The second-order valence-electron chi connectivity index (χ2n) is 5.75. The molecular formula is C18H15ClN2O4S. The number of para-hydroxylation sites is 1. The molecule has 0 saturated carbocycles. The zero-order valence-electron chi connectivity index (χ0n) is 13.5. The minimum absolute atomic E-state index is 0.143. The summed E-state index contributed by atoms with van der Waals surface area (Å²) >= 11 is 7.11. The maximum atomic E-state index is 12.4. The summed E-state index contributed by atoms with van der Waals surface area (Å²) in [5.41, 5.74) is 0.672. The summed E-state index contributed by atoms with van der Waals surface area (Å²) in [6, 6.07) is 11.6. The van der Waals surface area contributed by atoms with Crippen molar-refractivity contribution in [2.75, 3.05) is 0 Å². The van der Waals surface area contributed by atoms with Crippen LogP contribution in [0.3, 0.4) is 0 Å². The molecule has 1 amide bonds. The number of aromatic nitrogens is 1. The number of halogens is 1. The van der Waals surface area contributed by atoms with E-state index < -0.39 is 17.9 Å². The number of aromatic amines is 1. The predicted octanol–water partition coefficient (Wildman–Crippen LogP) is 3.12. The number of H-pyrrole nitrogens is 1. The van der Waals surface area contributed by atoms with Gasteiger partial charge in [0, 0.05) is 16.0 Å². The Kier molecular flexibility index (Phi) is 5.39. The Hall–Kier alpha value is -2.64. The van der Waals surface area contributed by atoms with Crippen LogP contribution in [0.2, 0.25) is 4.34 Å². The van der Waals surface area contributed by atoms with Crippen LogP contribution >= 0.6 is 22.9 Å². The van der Waals surface area contributed by atoms with Gasteiger partial charge in [0.15, 0.2) is 0 Å². The highest BCUT2D eigenvalue weighted by Crippen LogP contribution is 2.28. The molecule has 2 aromatic heterocycles. The standard InChI is InChI=1S/C18H15ClN2O4S/c19-15-6-5-14(26-15)13(9-17(23)24)20-16(22)8-11-7-10-3-1-2-4-12(10)21-18(11)25/h1-7,13H,8-9H2,(H,20,22)(H,21,25)(H,23,24)/t13-/m1/s1. The number of carboxylic acid groups (broad SMARTS) is 1. The number of hydrogen-bond acceptors (Lipinski definition) is 4. The number of thiophene rings is 1. The largest absolute Gasteiger partial charge is 0.481 e. The van der Waals surface area contributed by atoms with E-state index in [2.05, 4.69) is 10.3 Å². The molecule has 1 aromatic carbocycles. The van der Waals surface area contributed by atoms with E-state index in [1.54, 1.807) is 24.3 Å². The molecule has 0 saturated heterocycles. The van der Waals surface area contributed by atoms with Crippen molar-refractivity contribution < 1.29 is 14.7 Å². The second-order valence-corrected chi connectivity index (χ2v) is 7.49. The van der Waals surface area contributed by atoms with Gasteiger partial charge in [-0.05, 0) is 29.7 Å². The third-order valence-corrected chi connectivity index (χ3v) is 5.18. The highest BCUT2D eigenvalue weighted by molar-refractivity contribution is 7.16. The topological polar surface area (TPSA) is 99.3 Å². The number of carbonyl (C=O) groups excluding carboxylic acids is 1. The Morgan fingerprint density at radius 3 is 2.69 bits per heavy atom. The Morgan fingerprint density at radius 2 is 2.00 bits per heavy atom. The molecule has 3 N–H and O–H groups in total. The van der Waals surface area contributed by atoms with Crippen LogP contribution in [0.25, 0.3) is 10.9 Å². The fourth-order valence-corrected chi connectivity index (χ4v) is 3.77. The molecule has 0 radical (unpaired) electrons. The molecule has 8 heteroatoms. The quantitative estimate of drug-likeness (QED) is 0.602. The van der Waals surface area contributed by atoms with Crippen LogP contribution in [0.15, 0.2) is 47.3 Å². The van der Waals surface area contributed by atoms with Gasteiger partial charge in [0.2, 0.25) is 5.91 Å². The van der Waals surface area contributed by atoms with Gasteiger partial charge in [-0.3, -0.25) is 14.4 Å². The maximum absolute atomic E-state index is 12.4. The predicted molar refractivity (Wildman–Crippen MR) is 101 cm³/mol. The van der Waals surface area contributed by atoms with Crippen molar-refractivity contribution in [2.45, 2.75) is 18.9 Å². The molecule has 0 aliphatic rings. The zero-order chi connectivity index (χ0) is 18.7. The molecular weight excluding hydrogens is 376 g/mol. The fraction of sp³-hybridized carbons (Fsp3) is 0.167. The van der Waals surface area contributed by atoms with E-state index >= 15 is 0 Å². The van der Waals surface area contributed by atoms with E-state index in [9.17, 15) is 14.4 Å². The van der Waals surface area contributed by atoms with Crippen molar-refractivity contribution >= 4 is 45.7 Å². The Labute approximate surface area is 157 Å². The zero-order valence-corrected chi connectivity index (χ0v) is 15.1. The van der Waals surface area contributed by atoms with Crippen LogP contribution in [0.4, 0.5) is 0 Å². The van der Waals surface area contributed by atoms with Crippen molar-refractivity contribution in [1.82, 2.24) is 10.3 Å². The number of carbonyl (C=O) groups is 2. The summed E-state index contributed by atoms with van der Waals surface area (Å²) in [4.78, 5) is 39.0. The highest BCUT2D eigenvalue weighted by Gasteiger charge is 2.20. The van der Waals surface area contributed by atoms with Crippen molar-refractivity contribution in [2.24, 2.45) is 0 Å². The van der Waals surface area contributed by atoms with Crippen LogP contribution in [0.5, 0.6) is 0 Å². The third kappa shape index (κ3) is 4.30. The van der Waals surface area contributed by atoms with Crippen molar-refractivity contribution in [3.8, 4) is 0 Å². The summed E-state index contributed by atoms with van der Waals surface area (Å²) < 4.78 is 0.510. The normalized spacial score (nSPS) is 12.0. The molecule has 3 aromatic rings. The van der Waals surface area contributed by atoms with E-state index in [1.165, 1.54) is 11.3 Å². The molecule has 0 aliphatic carbocycles. The minimum atomic E-state index is -1.04. The summed E-state index contributed by atoms with van der Waals surface area (Å²) in [6.07, 6.45) is -0.411. The van der Waals surface area contributed by atoms with Crippen LogP contribution < -0.4 is 10.9 Å². The average molecular weight is 391 g/mol. The lowest BCUT2D eigenvalue weighted by atomic mass is 10.1. The van der Waals surface area contributed by atoms with Crippen LogP contribution in [-0.2, 0) is 16.0 Å². The molecule has 26 heavy (non-hydrogen) atoms. The lowest BCUT2D eigenvalue weighted by Crippen LogP contribution is -2.32. The number of amides is 1. The molecule has 3 rings (SSSR count). The van der Waals surface area contributed by atoms with Gasteiger partial charge in [-0.15, -0.1) is 11.3 Å². The number of hydrogen-bond donors (Lipinski definition) is 3. The Morgan fingerprint density at radius 1 is 1.23 bits per heavy atom. The first-order valence-electron chi connectivity index (χ1n) is 7.79. The Bertz CT molecular complexity index is 1030. The van der Waals surface area contributed by atoms with Gasteiger partial charge in [0.1, 0.15) is 0 Å². The van der Waals surface area contributed by atoms with Gasteiger partial charge < -0.3 is 15.4 Å². The van der Waals surface area contributed by atoms with Gasteiger partial charge in [-0.25, -0.2) is 0 Å².